The summed E-state index contributed by atoms with van der Waals surface area (Å²) in [5.41, 5.74) is 2.10. The van der Waals surface area contributed by atoms with Crippen LogP contribution in [0.4, 0.5) is 11.5 Å². The summed E-state index contributed by atoms with van der Waals surface area (Å²) >= 11 is 0. The van der Waals surface area contributed by atoms with Crippen LogP contribution in [0.15, 0.2) is 60.9 Å². The molecule has 0 fully saturated rings. The largest absolute Gasteiger partial charge is 0.465 e. The fourth-order valence-corrected chi connectivity index (χ4v) is 2.99. The first-order chi connectivity index (χ1) is 14.5. The first kappa shape index (κ1) is 19.3. The molecule has 4 rings (SSSR count). The number of rotatable bonds is 5. The Hall–Kier alpha value is -4.07. The van der Waals surface area contributed by atoms with E-state index < -0.39 is 5.97 Å². The summed E-state index contributed by atoms with van der Waals surface area (Å²) in [5, 5.41) is 0.977. The number of nitrogens with zero attached hydrogens (tertiary/aromatic N) is 5. The number of ether oxygens (including phenoxy) is 2. The molecule has 2 heterocycles. The monoisotopic (exact) mass is 401 g/mol. The normalized spacial score (nSPS) is 10.6. The highest BCUT2D eigenvalue weighted by molar-refractivity contribution is 5.91. The number of esters is 1. The van der Waals surface area contributed by atoms with Crippen LogP contribution in [-0.2, 0) is 4.74 Å². The highest BCUT2D eigenvalue weighted by Gasteiger charge is 2.12. The third-order valence-corrected chi connectivity index (χ3v) is 4.50. The van der Waals surface area contributed by atoms with E-state index in [1.165, 1.54) is 19.5 Å². The molecule has 0 bridgehead atoms. The van der Waals surface area contributed by atoms with Crippen molar-refractivity contribution in [1.82, 2.24) is 19.9 Å². The molecule has 0 saturated heterocycles. The lowest BCUT2D eigenvalue weighted by molar-refractivity contribution is 0.0599. The lowest BCUT2D eigenvalue weighted by Crippen LogP contribution is -2.12. The van der Waals surface area contributed by atoms with Crippen LogP contribution in [0.2, 0.25) is 0 Å². The van der Waals surface area contributed by atoms with Crippen molar-refractivity contribution in [3.05, 3.63) is 72.3 Å². The van der Waals surface area contributed by atoms with Crippen molar-refractivity contribution in [1.29, 1.82) is 0 Å². The van der Waals surface area contributed by atoms with Crippen LogP contribution in [0.5, 0.6) is 11.8 Å². The van der Waals surface area contributed by atoms with Gasteiger partial charge in [0.1, 0.15) is 17.4 Å². The van der Waals surface area contributed by atoms with Gasteiger partial charge in [0.05, 0.1) is 18.2 Å². The minimum atomic E-state index is -0.499. The summed E-state index contributed by atoms with van der Waals surface area (Å²) in [6.07, 6.45) is 2.72. The Bertz CT molecular complexity index is 1190. The van der Waals surface area contributed by atoms with Gasteiger partial charge < -0.3 is 14.4 Å². The van der Waals surface area contributed by atoms with Gasteiger partial charge in [-0.15, -0.1) is 0 Å². The Kier molecular flexibility index (Phi) is 5.21. The molecule has 30 heavy (non-hydrogen) atoms. The lowest BCUT2D eigenvalue weighted by Gasteiger charge is -2.20. The van der Waals surface area contributed by atoms with E-state index in [4.69, 9.17) is 4.74 Å². The summed E-state index contributed by atoms with van der Waals surface area (Å²) in [4.78, 5) is 30.6. The number of hydrogen-bond acceptors (Lipinski definition) is 8. The van der Waals surface area contributed by atoms with Gasteiger partial charge in [0, 0.05) is 30.5 Å². The molecule has 150 valence electrons. The SMILES string of the molecule is COC(=O)c1cnc(Oc2ccc(N(C)c3nc(C)nc4ccccc34)cc2)nc1. The van der Waals surface area contributed by atoms with Crippen LogP contribution in [0.1, 0.15) is 16.2 Å². The Morgan fingerprint density at radius 2 is 1.67 bits per heavy atom. The molecule has 0 atom stereocenters. The van der Waals surface area contributed by atoms with Crippen molar-refractivity contribution in [2.24, 2.45) is 0 Å². The molecule has 0 aliphatic rings. The third kappa shape index (κ3) is 3.88. The van der Waals surface area contributed by atoms with Crippen molar-refractivity contribution >= 4 is 28.4 Å². The fourth-order valence-electron chi connectivity index (χ4n) is 2.99. The van der Waals surface area contributed by atoms with Crippen LogP contribution in [0.3, 0.4) is 0 Å². The molecule has 0 saturated carbocycles. The number of fused-ring (bicyclic) bond motifs is 1. The van der Waals surface area contributed by atoms with Gasteiger partial charge in [-0.2, -0.15) is 0 Å². The minimum absolute atomic E-state index is 0.140. The maximum atomic E-state index is 11.4. The zero-order chi connectivity index (χ0) is 21.1. The lowest BCUT2D eigenvalue weighted by atomic mass is 10.2. The molecule has 0 radical (unpaired) electrons. The van der Waals surface area contributed by atoms with Crippen molar-refractivity contribution in [2.45, 2.75) is 6.92 Å². The van der Waals surface area contributed by atoms with Gasteiger partial charge in [0.15, 0.2) is 0 Å². The van der Waals surface area contributed by atoms with Crippen LogP contribution in [0, 0.1) is 6.92 Å². The quantitative estimate of drug-likeness (QED) is 0.462. The topological polar surface area (TPSA) is 90.3 Å². The van der Waals surface area contributed by atoms with E-state index in [2.05, 4.69) is 24.7 Å². The van der Waals surface area contributed by atoms with E-state index >= 15 is 0 Å². The Labute approximate surface area is 173 Å². The highest BCUT2D eigenvalue weighted by atomic mass is 16.5. The first-order valence-corrected chi connectivity index (χ1v) is 9.20. The Balaban J connectivity index is 1.54. The second-order valence-electron chi connectivity index (χ2n) is 6.51. The number of aromatic nitrogens is 4. The van der Waals surface area contributed by atoms with E-state index in [1.807, 2.05) is 67.4 Å². The van der Waals surface area contributed by atoms with Gasteiger partial charge in [-0.1, -0.05) is 12.1 Å². The second-order valence-corrected chi connectivity index (χ2v) is 6.51. The first-order valence-electron chi connectivity index (χ1n) is 9.20. The summed E-state index contributed by atoms with van der Waals surface area (Å²) in [6, 6.07) is 15.5. The standard InChI is InChI=1S/C22H19N5O3/c1-14-25-19-7-5-4-6-18(19)20(26-14)27(2)16-8-10-17(11-9-16)30-22-23-12-15(13-24-22)21(28)29-3/h4-13H,1-3H3. The number of hydrogen-bond donors (Lipinski definition) is 0. The van der Waals surface area contributed by atoms with Crippen LogP contribution >= 0.6 is 0 Å². The van der Waals surface area contributed by atoms with E-state index in [0.717, 1.165) is 22.4 Å². The molecule has 8 heteroatoms. The molecule has 0 aliphatic heterocycles. The second kappa shape index (κ2) is 8.12. The number of carbonyl (C=O) groups excluding carboxylic acids is 1. The van der Waals surface area contributed by atoms with Crippen LogP contribution < -0.4 is 9.64 Å². The smallest absolute Gasteiger partial charge is 0.341 e. The Morgan fingerprint density at radius 1 is 0.967 bits per heavy atom. The third-order valence-electron chi connectivity index (χ3n) is 4.50. The summed E-state index contributed by atoms with van der Waals surface area (Å²) in [5.74, 6) is 1.61. The summed E-state index contributed by atoms with van der Waals surface area (Å²) in [6.45, 7) is 1.88. The molecule has 0 unspecified atom stereocenters. The molecule has 2 aromatic carbocycles. The van der Waals surface area contributed by atoms with Crippen LogP contribution in [-0.4, -0.2) is 40.1 Å². The van der Waals surface area contributed by atoms with E-state index in [-0.39, 0.29) is 11.6 Å². The fraction of sp³-hybridized carbons (Fsp3) is 0.136. The van der Waals surface area contributed by atoms with Crippen LogP contribution in [0.25, 0.3) is 10.9 Å². The van der Waals surface area contributed by atoms with Gasteiger partial charge in [-0.3, -0.25) is 0 Å². The molecular weight excluding hydrogens is 382 g/mol. The number of benzene rings is 2. The molecule has 0 spiro atoms. The summed E-state index contributed by atoms with van der Waals surface area (Å²) < 4.78 is 10.3. The van der Waals surface area contributed by atoms with Gasteiger partial charge in [-0.25, -0.2) is 24.7 Å². The molecular formula is C22H19N5O3. The average molecular weight is 401 g/mol. The zero-order valence-electron chi connectivity index (χ0n) is 16.7. The molecule has 8 nitrogen and oxygen atoms in total. The average Bonchev–Trinajstić information content (AvgIpc) is 2.78. The van der Waals surface area contributed by atoms with E-state index in [9.17, 15) is 4.79 Å². The maximum Gasteiger partial charge on any atom is 0.341 e. The van der Waals surface area contributed by atoms with Crippen molar-refractivity contribution in [3.8, 4) is 11.8 Å². The minimum Gasteiger partial charge on any atom is -0.465 e. The van der Waals surface area contributed by atoms with Crippen molar-refractivity contribution in [3.63, 3.8) is 0 Å². The number of aryl methyl sites for hydroxylation is 1. The molecule has 2 aromatic heterocycles. The number of para-hydroxylation sites is 1. The van der Waals surface area contributed by atoms with Gasteiger partial charge in [-0.05, 0) is 43.3 Å². The Morgan fingerprint density at radius 3 is 2.37 bits per heavy atom. The van der Waals surface area contributed by atoms with Gasteiger partial charge in [0.25, 0.3) is 0 Å². The van der Waals surface area contributed by atoms with Gasteiger partial charge >= 0.3 is 12.0 Å². The van der Waals surface area contributed by atoms with Crippen molar-refractivity contribution in [2.75, 3.05) is 19.1 Å². The predicted octanol–water partition coefficient (Wildman–Crippen LogP) is 4.08. The summed E-state index contributed by atoms with van der Waals surface area (Å²) in [7, 11) is 3.26. The van der Waals surface area contributed by atoms with E-state index in [1.54, 1.807) is 0 Å². The number of methoxy groups -OCH3 is 1. The molecule has 0 aliphatic carbocycles. The number of anilines is 2. The highest BCUT2D eigenvalue weighted by Crippen LogP contribution is 2.30. The number of carbonyl (C=O) groups is 1. The molecule has 4 aromatic rings. The van der Waals surface area contributed by atoms with Crippen molar-refractivity contribution < 1.29 is 14.3 Å². The molecule has 0 amide bonds. The predicted molar refractivity (Wildman–Crippen MR) is 112 cm³/mol. The van der Waals surface area contributed by atoms with E-state index in [0.29, 0.717) is 11.6 Å². The molecule has 0 N–H and O–H groups in total. The van der Waals surface area contributed by atoms with Gasteiger partial charge in [0.2, 0.25) is 0 Å². The maximum absolute atomic E-state index is 11.4. The zero-order valence-corrected chi connectivity index (χ0v) is 16.7.